The number of thiazole rings is 1. The highest BCUT2D eigenvalue weighted by Crippen LogP contribution is 2.27. The number of benzene rings is 1. The van der Waals surface area contributed by atoms with Crippen molar-refractivity contribution in [3.05, 3.63) is 40.9 Å². The van der Waals surface area contributed by atoms with Crippen LogP contribution in [0.1, 0.15) is 26.2 Å². The third-order valence-corrected chi connectivity index (χ3v) is 5.86. The first-order valence-electron chi connectivity index (χ1n) is 9.77. The average molecular weight is 414 g/mol. The molecule has 1 aromatic carbocycles. The first kappa shape index (κ1) is 19.4. The van der Waals surface area contributed by atoms with E-state index in [9.17, 15) is 9.59 Å². The highest BCUT2D eigenvalue weighted by atomic mass is 32.1. The quantitative estimate of drug-likeness (QED) is 0.668. The third kappa shape index (κ3) is 4.40. The molecule has 0 saturated carbocycles. The summed E-state index contributed by atoms with van der Waals surface area (Å²) in [5.41, 5.74) is 0.854. The molecule has 9 heteroatoms. The van der Waals surface area contributed by atoms with Crippen LogP contribution in [0.15, 0.2) is 35.4 Å². The van der Waals surface area contributed by atoms with E-state index in [0.29, 0.717) is 22.6 Å². The summed E-state index contributed by atoms with van der Waals surface area (Å²) < 4.78 is 7.20. The summed E-state index contributed by atoms with van der Waals surface area (Å²) >= 11 is 1.36. The first-order chi connectivity index (χ1) is 14.1. The maximum atomic E-state index is 12.8. The highest BCUT2D eigenvalue weighted by molar-refractivity contribution is 7.22. The number of piperidine rings is 1. The molecular formula is C20H23N5O3S. The van der Waals surface area contributed by atoms with Crippen LogP contribution in [-0.4, -0.2) is 40.1 Å². The molecule has 1 aliphatic rings. The van der Waals surface area contributed by atoms with Crippen LogP contribution in [0.2, 0.25) is 0 Å². The molecule has 1 saturated heterocycles. The summed E-state index contributed by atoms with van der Waals surface area (Å²) in [4.78, 5) is 36.2. The van der Waals surface area contributed by atoms with Crippen LogP contribution in [0.5, 0.6) is 5.75 Å². The van der Waals surface area contributed by atoms with Crippen LogP contribution in [0.3, 0.4) is 0 Å². The highest BCUT2D eigenvalue weighted by Gasteiger charge is 2.18. The summed E-state index contributed by atoms with van der Waals surface area (Å²) in [6, 6.07) is 7.11. The van der Waals surface area contributed by atoms with E-state index >= 15 is 0 Å². The van der Waals surface area contributed by atoms with Gasteiger partial charge in [0, 0.05) is 18.8 Å². The normalized spacial score (nSPS) is 14.2. The second kappa shape index (κ2) is 8.60. The van der Waals surface area contributed by atoms with Gasteiger partial charge in [-0.3, -0.25) is 14.2 Å². The Morgan fingerprint density at radius 3 is 2.69 bits per heavy atom. The molecule has 29 heavy (non-hydrogen) atoms. The molecule has 1 amide bonds. The maximum Gasteiger partial charge on any atom is 0.273 e. The van der Waals surface area contributed by atoms with Crippen molar-refractivity contribution >= 4 is 38.4 Å². The number of nitrogens with zero attached hydrogens (tertiary/aromatic N) is 4. The van der Waals surface area contributed by atoms with Gasteiger partial charge in [0.15, 0.2) is 10.8 Å². The van der Waals surface area contributed by atoms with E-state index in [2.05, 4.69) is 20.2 Å². The number of ether oxygens (including phenoxy) is 1. The Morgan fingerprint density at radius 2 is 1.97 bits per heavy atom. The standard InChI is InChI=1S/C20H23N5O3S/c1-2-28-15-8-6-14(7-9-15)22-16(26)12-25-13-21-18-17(19(25)27)29-20(23-18)24-10-4-3-5-11-24/h6-9,13H,2-5,10-12H2,1H3,(H,22,26). The molecule has 4 rings (SSSR count). The van der Waals surface area contributed by atoms with Crippen LogP contribution < -0.4 is 20.5 Å². The fourth-order valence-electron chi connectivity index (χ4n) is 3.32. The number of aromatic nitrogens is 3. The Morgan fingerprint density at radius 1 is 1.21 bits per heavy atom. The van der Waals surface area contributed by atoms with Gasteiger partial charge in [-0.25, -0.2) is 4.98 Å². The molecule has 3 heterocycles. The number of amides is 1. The molecule has 0 atom stereocenters. The average Bonchev–Trinajstić information content (AvgIpc) is 3.18. The van der Waals surface area contributed by atoms with Crippen molar-refractivity contribution in [2.75, 3.05) is 29.9 Å². The van der Waals surface area contributed by atoms with Crippen molar-refractivity contribution in [2.45, 2.75) is 32.7 Å². The molecule has 1 fully saturated rings. The minimum atomic E-state index is -0.293. The lowest BCUT2D eigenvalue weighted by Crippen LogP contribution is -2.29. The molecule has 1 aliphatic heterocycles. The van der Waals surface area contributed by atoms with Crippen molar-refractivity contribution in [3.8, 4) is 5.75 Å². The van der Waals surface area contributed by atoms with Gasteiger partial charge in [-0.05, 0) is 50.5 Å². The SMILES string of the molecule is CCOc1ccc(NC(=O)Cn2cnc3nc(N4CCCCC4)sc3c2=O)cc1. The van der Waals surface area contributed by atoms with E-state index in [0.717, 1.165) is 36.8 Å². The fourth-order valence-corrected chi connectivity index (χ4v) is 4.35. The predicted molar refractivity (Wildman–Crippen MR) is 114 cm³/mol. The molecule has 2 aromatic heterocycles. The fraction of sp³-hybridized carbons (Fsp3) is 0.400. The summed E-state index contributed by atoms with van der Waals surface area (Å²) in [6.45, 7) is 4.31. The molecule has 0 spiro atoms. The molecule has 0 bridgehead atoms. The lowest BCUT2D eigenvalue weighted by atomic mass is 10.1. The molecule has 8 nitrogen and oxygen atoms in total. The first-order valence-corrected chi connectivity index (χ1v) is 10.6. The zero-order valence-corrected chi connectivity index (χ0v) is 17.1. The zero-order chi connectivity index (χ0) is 20.2. The molecular weight excluding hydrogens is 390 g/mol. The van der Waals surface area contributed by atoms with Gasteiger partial charge in [0.1, 0.15) is 23.3 Å². The molecule has 152 valence electrons. The van der Waals surface area contributed by atoms with E-state index in [1.54, 1.807) is 24.3 Å². The van der Waals surface area contributed by atoms with E-state index in [1.165, 1.54) is 28.7 Å². The van der Waals surface area contributed by atoms with Gasteiger partial charge in [-0.1, -0.05) is 11.3 Å². The van der Waals surface area contributed by atoms with Crippen LogP contribution in [0, 0.1) is 0 Å². The van der Waals surface area contributed by atoms with Gasteiger partial charge in [-0.15, -0.1) is 0 Å². The number of hydrogen-bond donors (Lipinski definition) is 1. The van der Waals surface area contributed by atoms with Crippen LogP contribution in [0.4, 0.5) is 10.8 Å². The van der Waals surface area contributed by atoms with Crippen LogP contribution in [0.25, 0.3) is 10.3 Å². The molecule has 0 radical (unpaired) electrons. The number of nitrogens with one attached hydrogen (secondary N) is 1. The number of fused-ring (bicyclic) bond motifs is 1. The van der Waals surface area contributed by atoms with Gasteiger partial charge >= 0.3 is 0 Å². The summed E-state index contributed by atoms with van der Waals surface area (Å²) in [7, 11) is 0. The largest absolute Gasteiger partial charge is 0.494 e. The van der Waals surface area contributed by atoms with Gasteiger partial charge in [-0.2, -0.15) is 4.98 Å². The van der Waals surface area contributed by atoms with E-state index < -0.39 is 0 Å². The van der Waals surface area contributed by atoms with Gasteiger partial charge < -0.3 is 15.0 Å². The molecule has 3 aromatic rings. The van der Waals surface area contributed by atoms with E-state index in [4.69, 9.17) is 4.74 Å². The summed E-state index contributed by atoms with van der Waals surface area (Å²) in [5.74, 6) is 0.448. The van der Waals surface area contributed by atoms with Gasteiger partial charge in [0.05, 0.1) is 6.61 Å². The van der Waals surface area contributed by atoms with E-state index in [-0.39, 0.29) is 18.0 Å². The lowest BCUT2D eigenvalue weighted by molar-refractivity contribution is -0.116. The zero-order valence-electron chi connectivity index (χ0n) is 16.3. The topological polar surface area (TPSA) is 89.3 Å². The molecule has 1 N–H and O–H groups in total. The van der Waals surface area contributed by atoms with Crippen molar-refractivity contribution < 1.29 is 9.53 Å². The maximum absolute atomic E-state index is 12.8. The van der Waals surface area contributed by atoms with Crippen molar-refractivity contribution in [2.24, 2.45) is 0 Å². The van der Waals surface area contributed by atoms with Gasteiger partial charge in [0.2, 0.25) is 5.91 Å². The minimum Gasteiger partial charge on any atom is -0.494 e. The van der Waals surface area contributed by atoms with Crippen molar-refractivity contribution in [1.82, 2.24) is 14.5 Å². The molecule has 0 aliphatic carbocycles. The van der Waals surface area contributed by atoms with Crippen molar-refractivity contribution in [1.29, 1.82) is 0 Å². The Balaban J connectivity index is 1.47. The second-order valence-corrected chi connectivity index (χ2v) is 7.86. The van der Waals surface area contributed by atoms with Crippen LogP contribution in [-0.2, 0) is 11.3 Å². The molecule has 0 unspecified atom stereocenters. The summed E-state index contributed by atoms with van der Waals surface area (Å²) in [6.07, 6.45) is 4.90. The number of carbonyl (C=O) groups excluding carboxylic acids is 1. The number of anilines is 2. The number of hydrogen-bond acceptors (Lipinski definition) is 7. The van der Waals surface area contributed by atoms with E-state index in [1.807, 2.05) is 6.92 Å². The number of rotatable bonds is 6. The Kier molecular flexibility index (Phi) is 5.75. The summed E-state index contributed by atoms with van der Waals surface area (Å²) in [5, 5.41) is 3.62. The Labute approximate surface area is 172 Å². The number of carbonyl (C=O) groups is 1. The van der Waals surface area contributed by atoms with Crippen molar-refractivity contribution in [3.63, 3.8) is 0 Å². The Bertz CT molecular complexity index is 1050. The van der Waals surface area contributed by atoms with Gasteiger partial charge in [0.25, 0.3) is 5.56 Å². The predicted octanol–water partition coefficient (Wildman–Crippen LogP) is 2.88. The lowest BCUT2D eigenvalue weighted by Gasteiger charge is -2.25. The Hall–Kier alpha value is -2.94. The third-order valence-electron chi connectivity index (χ3n) is 4.76. The second-order valence-electron chi connectivity index (χ2n) is 6.88. The minimum absolute atomic E-state index is 0.105. The monoisotopic (exact) mass is 413 g/mol. The van der Waals surface area contributed by atoms with Crippen LogP contribution >= 0.6 is 11.3 Å². The smallest absolute Gasteiger partial charge is 0.273 e.